The minimum Gasteiger partial charge on any atom is -0.495 e. The van der Waals surface area contributed by atoms with Gasteiger partial charge in [0.2, 0.25) is 0 Å². The van der Waals surface area contributed by atoms with E-state index in [0.717, 1.165) is 47.4 Å². The Hall–Kier alpha value is -2.02. The van der Waals surface area contributed by atoms with Crippen molar-refractivity contribution in [2.45, 2.75) is 30.5 Å². The summed E-state index contributed by atoms with van der Waals surface area (Å²) in [5.74, 6) is 2.29. The fourth-order valence-electron chi connectivity index (χ4n) is 3.27. The number of hydrogen-bond donors (Lipinski definition) is 0. The standard InChI is InChI=1S/C21H22ClN3O2S/c1-26-19-11-10-16(13-18(19)22)25-20(15-7-3-2-4-8-15)23-24-21(25)28-14-17-9-5-6-12-27-17/h2-4,7-8,10-11,13,17H,5-6,9,12,14H2,1H3. The molecule has 0 saturated carbocycles. The quantitative estimate of drug-likeness (QED) is 0.514. The minimum atomic E-state index is 0.267. The van der Waals surface area contributed by atoms with Crippen molar-refractivity contribution in [1.82, 2.24) is 14.8 Å². The molecule has 0 bridgehead atoms. The van der Waals surface area contributed by atoms with Crippen LogP contribution >= 0.6 is 23.4 Å². The summed E-state index contributed by atoms with van der Waals surface area (Å²) in [4.78, 5) is 0. The van der Waals surface area contributed by atoms with Gasteiger partial charge in [-0.05, 0) is 37.5 Å². The third kappa shape index (κ3) is 4.19. The van der Waals surface area contributed by atoms with E-state index in [0.29, 0.717) is 10.8 Å². The second kappa shape index (κ2) is 8.99. The number of thioether (sulfide) groups is 1. The van der Waals surface area contributed by atoms with Crippen molar-refractivity contribution >= 4 is 23.4 Å². The summed E-state index contributed by atoms with van der Waals surface area (Å²) in [6, 6.07) is 15.8. The highest BCUT2D eigenvalue weighted by atomic mass is 35.5. The van der Waals surface area contributed by atoms with E-state index in [1.807, 2.05) is 53.1 Å². The fraction of sp³-hybridized carbons (Fsp3) is 0.333. The molecule has 146 valence electrons. The van der Waals surface area contributed by atoms with Crippen molar-refractivity contribution in [3.05, 3.63) is 53.6 Å². The molecule has 1 saturated heterocycles. The molecule has 0 spiro atoms. The maximum Gasteiger partial charge on any atom is 0.196 e. The molecule has 2 aromatic carbocycles. The molecule has 1 atom stereocenters. The van der Waals surface area contributed by atoms with Gasteiger partial charge in [-0.3, -0.25) is 4.57 Å². The largest absolute Gasteiger partial charge is 0.495 e. The lowest BCUT2D eigenvalue weighted by molar-refractivity contribution is 0.0315. The van der Waals surface area contributed by atoms with E-state index in [1.165, 1.54) is 6.42 Å². The van der Waals surface area contributed by atoms with Gasteiger partial charge in [0.1, 0.15) is 5.75 Å². The normalized spacial score (nSPS) is 16.9. The molecular weight excluding hydrogens is 394 g/mol. The second-order valence-corrected chi connectivity index (χ2v) is 8.02. The van der Waals surface area contributed by atoms with Crippen molar-refractivity contribution in [2.24, 2.45) is 0 Å². The van der Waals surface area contributed by atoms with E-state index in [2.05, 4.69) is 10.2 Å². The zero-order valence-corrected chi connectivity index (χ0v) is 17.2. The highest BCUT2D eigenvalue weighted by Crippen LogP contribution is 2.33. The Kier molecular flexibility index (Phi) is 6.20. The Balaban J connectivity index is 1.70. The molecule has 1 aliphatic heterocycles. The predicted molar refractivity (Wildman–Crippen MR) is 113 cm³/mol. The van der Waals surface area contributed by atoms with E-state index in [1.54, 1.807) is 18.9 Å². The summed E-state index contributed by atoms with van der Waals surface area (Å²) in [6.07, 6.45) is 3.74. The van der Waals surface area contributed by atoms with Crippen LogP contribution in [-0.4, -0.2) is 40.3 Å². The fourth-order valence-corrected chi connectivity index (χ4v) is 4.54. The molecule has 0 N–H and O–H groups in total. The Morgan fingerprint density at radius 1 is 1.18 bits per heavy atom. The van der Waals surface area contributed by atoms with Crippen LogP contribution in [0.25, 0.3) is 17.1 Å². The first kappa shape index (κ1) is 19.3. The third-order valence-corrected chi connectivity index (χ3v) is 6.09. The van der Waals surface area contributed by atoms with Gasteiger partial charge in [0, 0.05) is 17.9 Å². The van der Waals surface area contributed by atoms with Gasteiger partial charge < -0.3 is 9.47 Å². The molecule has 2 heterocycles. The van der Waals surface area contributed by atoms with Gasteiger partial charge in [-0.15, -0.1) is 10.2 Å². The summed E-state index contributed by atoms with van der Waals surface area (Å²) in [6.45, 7) is 0.848. The van der Waals surface area contributed by atoms with E-state index in [4.69, 9.17) is 21.1 Å². The Labute approximate surface area is 174 Å². The molecule has 5 nitrogen and oxygen atoms in total. The number of hydrogen-bond acceptors (Lipinski definition) is 5. The van der Waals surface area contributed by atoms with Crippen molar-refractivity contribution in [2.75, 3.05) is 19.5 Å². The molecule has 0 amide bonds. The molecule has 1 unspecified atom stereocenters. The molecule has 1 aliphatic rings. The summed E-state index contributed by atoms with van der Waals surface area (Å²) < 4.78 is 13.2. The van der Waals surface area contributed by atoms with Crippen LogP contribution in [0, 0.1) is 0 Å². The molecule has 28 heavy (non-hydrogen) atoms. The van der Waals surface area contributed by atoms with Crippen LogP contribution in [0.3, 0.4) is 0 Å². The van der Waals surface area contributed by atoms with Gasteiger partial charge in [0.15, 0.2) is 11.0 Å². The summed E-state index contributed by atoms with van der Waals surface area (Å²) in [5, 5.41) is 10.3. The highest BCUT2D eigenvalue weighted by molar-refractivity contribution is 7.99. The Morgan fingerprint density at radius 2 is 2.04 bits per heavy atom. The highest BCUT2D eigenvalue weighted by Gasteiger charge is 2.20. The monoisotopic (exact) mass is 415 g/mol. The van der Waals surface area contributed by atoms with Crippen LogP contribution in [0.5, 0.6) is 5.75 Å². The minimum absolute atomic E-state index is 0.267. The molecular formula is C21H22ClN3O2S. The van der Waals surface area contributed by atoms with Crippen LogP contribution < -0.4 is 4.74 Å². The first-order chi connectivity index (χ1) is 13.8. The van der Waals surface area contributed by atoms with E-state index < -0.39 is 0 Å². The Bertz CT molecular complexity index is 927. The van der Waals surface area contributed by atoms with Gasteiger partial charge >= 0.3 is 0 Å². The number of ether oxygens (including phenoxy) is 2. The first-order valence-corrected chi connectivity index (χ1v) is 10.7. The van der Waals surface area contributed by atoms with Gasteiger partial charge in [-0.1, -0.05) is 53.7 Å². The van der Waals surface area contributed by atoms with Crippen molar-refractivity contribution in [1.29, 1.82) is 0 Å². The van der Waals surface area contributed by atoms with Crippen LogP contribution in [0.15, 0.2) is 53.7 Å². The number of nitrogens with zero attached hydrogens (tertiary/aromatic N) is 3. The molecule has 7 heteroatoms. The maximum atomic E-state index is 6.39. The second-order valence-electron chi connectivity index (χ2n) is 6.63. The van der Waals surface area contributed by atoms with Gasteiger partial charge in [-0.2, -0.15) is 0 Å². The van der Waals surface area contributed by atoms with Gasteiger partial charge in [-0.25, -0.2) is 0 Å². The molecule has 1 fully saturated rings. The summed E-state index contributed by atoms with van der Waals surface area (Å²) in [7, 11) is 1.61. The predicted octanol–water partition coefficient (Wildman–Crippen LogP) is 5.26. The molecule has 3 aromatic rings. The van der Waals surface area contributed by atoms with E-state index in [-0.39, 0.29) is 6.10 Å². The molecule has 0 radical (unpaired) electrons. The summed E-state index contributed by atoms with van der Waals surface area (Å²) in [5.41, 5.74) is 1.91. The number of rotatable bonds is 6. The maximum absolute atomic E-state index is 6.39. The summed E-state index contributed by atoms with van der Waals surface area (Å²) >= 11 is 8.06. The zero-order chi connectivity index (χ0) is 19.3. The number of halogens is 1. The van der Waals surface area contributed by atoms with Gasteiger partial charge in [0.25, 0.3) is 0 Å². The average Bonchev–Trinajstić information content (AvgIpc) is 3.17. The SMILES string of the molecule is COc1ccc(-n2c(SCC3CCCCO3)nnc2-c2ccccc2)cc1Cl. The van der Waals surface area contributed by atoms with Crippen LogP contribution in [0.2, 0.25) is 5.02 Å². The van der Waals surface area contributed by atoms with Gasteiger partial charge in [0.05, 0.1) is 23.9 Å². The topological polar surface area (TPSA) is 49.2 Å². The lowest BCUT2D eigenvalue weighted by atomic mass is 10.1. The van der Waals surface area contributed by atoms with Crippen LogP contribution in [-0.2, 0) is 4.74 Å². The zero-order valence-electron chi connectivity index (χ0n) is 15.7. The van der Waals surface area contributed by atoms with Crippen molar-refractivity contribution < 1.29 is 9.47 Å². The molecule has 4 rings (SSSR count). The number of benzene rings is 2. The first-order valence-electron chi connectivity index (χ1n) is 9.35. The van der Waals surface area contributed by atoms with Crippen molar-refractivity contribution in [3.8, 4) is 22.8 Å². The number of methoxy groups -OCH3 is 1. The average molecular weight is 416 g/mol. The Morgan fingerprint density at radius 3 is 2.75 bits per heavy atom. The van der Waals surface area contributed by atoms with E-state index >= 15 is 0 Å². The molecule has 0 aliphatic carbocycles. The third-order valence-electron chi connectivity index (χ3n) is 4.73. The molecule has 1 aromatic heterocycles. The van der Waals surface area contributed by atoms with Crippen molar-refractivity contribution in [3.63, 3.8) is 0 Å². The number of aromatic nitrogens is 3. The van der Waals surface area contributed by atoms with Crippen LogP contribution in [0.1, 0.15) is 19.3 Å². The van der Waals surface area contributed by atoms with E-state index in [9.17, 15) is 0 Å². The lowest BCUT2D eigenvalue weighted by Crippen LogP contribution is -2.21. The lowest BCUT2D eigenvalue weighted by Gasteiger charge is -2.22. The van der Waals surface area contributed by atoms with Crippen LogP contribution in [0.4, 0.5) is 0 Å². The smallest absolute Gasteiger partial charge is 0.196 e.